The molecule has 0 bridgehead atoms. The van der Waals surface area contributed by atoms with E-state index in [1.54, 1.807) is 18.2 Å². The fourth-order valence-electron chi connectivity index (χ4n) is 1.41. The topological polar surface area (TPSA) is 32.9 Å². The molecular formula is C12H12F3NO. The second-order valence-corrected chi connectivity index (χ2v) is 3.07. The lowest BCUT2D eigenvalue weighted by molar-refractivity contribution is -0.0884. The van der Waals surface area contributed by atoms with Crippen LogP contribution in [0.4, 0.5) is 13.2 Å². The largest absolute Gasteiger partial charge is 0.454 e. The van der Waals surface area contributed by atoms with Crippen LogP contribution in [0.5, 0.6) is 0 Å². The fourth-order valence-corrected chi connectivity index (χ4v) is 1.41. The quantitative estimate of drug-likeness (QED) is 0.756. The molecule has 0 aliphatic heterocycles. The number of nitrogens with one attached hydrogen (secondary N) is 1. The summed E-state index contributed by atoms with van der Waals surface area (Å²) in [4.78, 5) is 13.6. The van der Waals surface area contributed by atoms with Crippen LogP contribution in [0.1, 0.15) is 24.2 Å². The van der Waals surface area contributed by atoms with Crippen LogP contribution in [0.25, 0.3) is 10.9 Å². The molecule has 92 valence electrons. The molecule has 1 N–H and O–H groups in total. The molecule has 0 atom stereocenters. The van der Waals surface area contributed by atoms with Gasteiger partial charge in [0.25, 0.3) is 5.78 Å². The van der Waals surface area contributed by atoms with E-state index in [4.69, 9.17) is 0 Å². The number of benzene rings is 1. The van der Waals surface area contributed by atoms with Crippen LogP contribution >= 0.6 is 0 Å². The Morgan fingerprint density at radius 2 is 1.76 bits per heavy atom. The maximum Gasteiger partial charge on any atom is 0.454 e. The van der Waals surface area contributed by atoms with Crippen LogP contribution in [0, 0.1) is 0 Å². The molecule has 0 aliphatic rings. The average molecular weight is 243 g/mol. The van der Waals surface area contributed by atoms with E-state index in [-0.39, 0.29) is 5.56 Å². The van der Waals surface area contributed by atoms with Gasteiger partial charge < -0.3 is 4.98 Å². The van der Waals surface area contributed by atoms with Crippen LogP contribution < -0.4 is 0 Å². The minimum Gasteiger partial charge on any atom is -0.360 e. The first-order chi connectivity index (χ1) is 8.00. The van der Waals surface area contributed by atoms with Gasteiger partial charge in [0, 0.05) is 17.1 Å². The molecule has 0 saturated carbocycles. The standard InChI is InChI=1S/C10H6F3NO.C2H6/c11-10(12,13)9(15)7-5-14-8-4-2-1-3-6(7)8;1-2/h1-5,14H;1-2H3. The number of hydrogen-bond donors (Lipinski definition) is 1. The third-order valence-corrected chi connectivity index (χ3v) is 2.09. The number of hydrogen-bond acceptors (Lipinski definition) is 1. The Hall–Kier alpha value is -1.78. The van der Waals surface area contributed by atoms with E-state index < -0.39 is 12.0 Å². The summed E-state index contributed by atoms with van der Waals surface area (Å²) in [7, 11) is 0. The van der Waals surface area contributed by atoms with E-state index in [0.29, 0.717) is 10.9 Å². The number of ketones is 1. The third kappa shape index (κ3) is 2.67. The first kappa shape index (κ1) is 13.3. The van der Waals surface area contributed by atoms with Crippen molar-refractivity contribution >= 4 is 16.7 Å². The lowest BCUT2D eigenvalue weighted by Crippen LogP contribution is -2.22. The molecule has 0 spiro atoms. The van der Waals surface area contributed by atoms with E-state index in [2.05, 4.69) is 4.98 Å². The van der Waals surface area contributed by atoms with Gasteiger partial charge in [-0.1, -0.05) is 32.0 Å². The summed E-state index contributed by atoms with van der Waals surface area (Å²) in [5.74, 6) is -1.82. The Morgan fingerprint density at radius 3 is 2.35 bits per heavy atom. The van der Waals surface area contributed by atoms with E-state index in [1.165, 1.54) is 6.07 Å². The normalized spacial score (nSPS) is 10.9. The van der Waals surface area contributed by atoms with Crippen LogP contribution in [0.3, 0.4) is 0 Å². The number of fused-ring (bicyclic) bond motifs is 1. The predicted octanol–water partition coefficient (Wildman–Crippen LogP) is 3.94. The van der Waals surface area contributed by atoms with Gasteiger partial charge in [-0.25, -0.2) is 0 Å². The number of para-hydroxylation sites is 1. The molecule has 2 aromatic rings. The van der Waals surface area contributed by atoms with Gasteiger partial charge in [-0.05, 0) is 6.07 Å². The van der Waals surface area contributed by atoms with Crippen molar-refractivity contribution in [2.24, 2.45) is 0 Å². The fraction of sp³-hybridized carbons (Fsp3) is 0.250. The SMILES string of the molecule is CC.O=C(c1c[nH]c2ccccc12)C(F)(F)F. The maximum atomic E-state index is 12.2. The molecule has 5 heteroatoms. The van der Waals surface area contributed by atoms with Crippen LogP contribution in [0.15, 0.2) is 30.5 Å². The number of aromatic nitrogens is 1. The lowest BCUT2D eigenvalue weighted by atomic mass is 10.1. The molecule has 2 nitrogen and oxygen atoms in total. The van der Waals surface area contributed by atoms with E-state index in [9.17, 15) is 18.0 Å². The van der Waals surface area contributed by atoms with Gasteiger partial charge in [-0.3, -0.25) is 4.79 Å². The molecule has 2 rings (SSSR count). The van der Waals surface area contributed by atoms with E-state index >= 15 is 0 Å². The minimum absolute atomic E-state index is 0.292. The van der Waals surface area contributed by atoms with Gasteiger partial charge in [0.15, 0.2) is 0 Å². The minimum atomic E-state index is -4.83. The zero-order chi connectivity index (χ0) is 13.1. The molecule has 17 heavy (non-hydrogen) atoms. The van der Waals surface area contributed by atoms with Crippen LogP contribution in [-0.2, 0) is 0 Å². The molecule has 0 fully saturated rings. The van der Waals surface area contributed by atoms with Crippen molar-refractivity contribution in [3.63, 3.8) is 0 Å². The molecule has 0 saturated heterocycles. The number of H-pyrrole nitrogens is 1. The summed E-state index contributed by atoms with van der Waals surface area (Å²) in [6.45, 7) is 4.00. The molecule has 0 aliphatic carbocycles. The number of Topliss-reactive ketones (excluding diaryl/α,β-unsaturated/α-hetero) is 1. The summed E-state index contributed by atoms with van der Waals surface area (Å²) in [5, 5.41) is 0.292. The molecular weight excluding hydrogens is 231 g/mol. The number of halogens is 3. The third-order valence-electron chi connectivity index (χ3n) is 2.09. The van der Waals surface area contributed by atoms with Gasteiger partial charge in [0.2, 0.25) is 0 Å². The highest BCUT2D eigenvalue weighted by atomic mass is 19.4. The number of carbonyl (C=O) groups excluding carboxylic acids is 1. The van der Waals surface area contributed by atoms with E-state index in [0.717, 1.165) is 6.20 Å². The van der Waals surface area contributed by atoms with E-state index in [1.807, 2.05) is 13.8 Å². The average Bonchev–Trinajstić information content (AvgIpc) is 2.73. The van der Waals surface area contributed by atoms with Crippen molar-refractivity contribution in [2.75, 3.05) is 0 Å². The van der Waals surface area contributed by atoms with Crippen molar-refractivity contribution in [1.29, 1.82) is 0 Å². The first-order valence-electron chi connectivity index (χ1n) is 5.18. The Labute approximate surface area is 96.4 Å². The Morgan fingerprint density at radius 1 is 1.18 bits per heavy atom. The first-order valence-corrected chi connectivity index (χ1v) is 5.18. The number of aromatic amines is 1. The maximum absolute atomic E-state index is 12.2. The second-order valence-electron chi connectivity index (χ2n) is 3.07. The van der Waals surface area contributed by atoms with Crippen molar-refractivity contribution in [2.45, 2.75) is 20.0 Å². The number of carbonyl (C=O) groups is 1. The van der Waals surface area contributed by atoms with Crippen LogP contribution in [-0.4, -0.2) is 16.9 Å². The molecule has 1 heterocycles. The highest BCUT2D eigenvalue weighted by Gasteiger charge is 2.40. The monoisotopic (exact) mass is 243 g/mol. The Balaban J connectivity index is 0.000000686. The highest BCUT2D eigenvalue weighted by Crippen LogP contribution is 2.26. The molecule has 1 aromatic heterocycles. The van der Waals surface area contributed by atoms with Gasteiger partial charge in [-0.2, -0.15) is 13.2 Å². The Bertz CT molecular complexity index is 514. The smallest absolute Gasteiger partial charge is 0.360 e. The van der Waals surface area contributed by atoms with Gasteiger partial charge >= 0.3 is 6.18 Å². The number of alkyl halides is 3. The summed E-state index contributed by atoms with van der Waals surface area (Å²) < 4.78 is 36.5. The molecule has 0 radical (unpaired) electrons. The van der Waals surface area contributed by atoms with Crippen molar-refractivity contribution < 1.29 is 18.0 Å². The molecule has 0 amide bonds. The summed E-state index contributed by atoms with van der Waals surface area (Å²) in [6.07, 6.45) is -3.74. The highest BCUT2D eigenvalue weighted by molar-refractivity contribution is 6.10. The van der Waals surface area contributed by atoms with Crippen molar-refractivity contribution in [3.05, 3.63) is 36.0 Å². The zero-order valence-electron chi connectivity index (χ0n) is 9.43. The Kier molecular flexibility index (Phi) is 3.93. The zero-order valence-corrected chi connectivity index (χ0v) is 9.43. The van der Waals surface area contributed by atoms with Crippen molar-refractivity contribution in [1.82, 2.24) is 4.98 Å². The van der Waals surface area contributed by atoms with Crippen molar-refractivity contribution in [3.8, 4) is 0 Å². The van der Waals surface area contributed by atoms with Gasteiger partial charge in [0.1, 0.15) is 0 Å². The summed E-state index contributed by atoms with van der Waals surface area (Å²) in [6, 6.07) is 6.36. The lowest BCUT2D eigenvalue weighted by Gasteiger charge is -2.02. The molecule has 0 unspecified atom stereocenters. The summed E-state index contributed by atoms with van der Waals surface area (Å²) in [5.41, 5.74) is 0.184. The predicted molar refractivity (Wildman–Crippen MR) is 60.0 cm³/mol. The van der Waals surface area contributed by atoms with Gasteiger partial charge in [0.05, 0.1) is 5.56 Å². The van der Waals surface area contributed by atoms with Crippen LogP contribution in [0.2, 0.25) is 0 Å². The second kappa shape index (κ2) is 5.03. The number of rotatable bonds is 1. The molecule has 1 aromatic carbocycles. The van der Waals surface area contributed by atoms with Gasteiger partial charge in [-0.15, -0.1) is 0 Å². The summed E-state index contributed by atoms with van der Waals surface area (Å²) >= 11 is 0.